The van der Waals surface area contributed by atoms with Gasteiger partial charge in [-0.15, -0.1) is 0 Å². The molecular formula is C25H19BrN4O2. The van der Waals surface area contributed by atoms with Crippen molar-refractivity contribution in [3.8, 4) is 11.5 Å². The predicted octanol–water partition coefficient (Wildman–Crippen LogP) is 5.61. The normalized spacial score (nSPS) is 18.7. The number of fused-ring (bicyclic) bond motifs is 3. The Morgan fingerprint density at radius 2 is 1.78 bits per heavy atom. The van der Waals surface area contributed by atoms with E-state index in [9.17, 15) is 0 Å². The molecule has 0 aliphatic carbocycles. The first-order valence-corrected chi connectivity index (χ1v) is 11.1. The summed E-state index contributed by atoms with van der Waals surface area (Å²) in [5.41, 5.74) is 5.12. The van der Waals surface area contributed by atoms with Crippen LogP contribution in [0.15, 0.2) is 89.2 Å². The third-order valence-corrected chi connectivity index (χ3v) is 6.46. The number of rotatable bonds is 3. The lowest BCUT2D eigenvalue weighted by Gasteiger charge is -2.39. The Morgan fingerprint density at radius 3 is 2.62 bits per heavy atom. The number of hydrogen-bond acceptors (Lipinski definition) is 5. The lowest BCUT2D eigenvalue weighted by molar-refractivity contribution is 0.217. The van der Waals surface area contributed by atoms with Crippen molar-refractivity contribution in [2.75, 3.05) is 12.4 Å². The van der Waals surface area contributed by atoms with E-state index in [2.05, 4.69) is 55.6 Å². The first-order valence-electron chi connectivity index (χ1n) is 10.3. The minimum absolute atomic E-state index is 0.194. The maximum absolute atomic E-state index is 6.65. The SMILES string of the molecule is COc1ccccc1[C@@H]1Oc2ccccc2C2=C1[C@H](c1ccc(Br)cc1)n1ncnc1N2. The molecule has 0 bridgehead atoms. The number of para-hydroxylation sites is 2. The number of benzene rings is 3. The molecule has 0 radical (unpaired) electrons. The molecule has 0 saturated carbocycles. The van der Waals surface area contributed by atoms with Crippen LogP contribution in [-0.4, -0.2) is 21.9 Å². The van der Waals surface area contributed by atoms with Crippen molar-refractivity contribution in [1.82, 2.24) is 14.8 Å². The largest absolute Gasteiger partial charge is 0.496 e. The summed E-state index contributed by atoms with van der Waals surface area (Å²) in [6.45, 7) is 0. The molecule has 0 unspecified atom stereocenters. The van der Waals surface area contributed by atoms with Gasteiger partial charge in [-0.05, 0) is 35.9 Å². The highest BCUT2D eigenvalue weighted by Crippen LogP contribution is 2.51. The lowest BCUT2D eigenvalue weighted by atomic mass is 9.84. The number of ether oxygens (including phenoxy) is 2. The van der Waals surface area contributed by atoms with E-state index in [0.717, 1.165) is 43.9 Å². The van der Waals surface area contributed by atoms with Gasteiger partial charge >= 0.3 is 0 Å². The number of methoxy groups -OCH3 is 1. The molecule has 32 heavy (non-hydrogen) atoms. The lowest BCUT2D eigenvalue weighted by Crippen LogP contribution is -2.32. The standard InChI is InChI=1S/C25H19BrN4O2/c1-31-19-8-4-3-7-18(19)24-21-22(17-6-2-5-9-20(17)32-24)29-25-27-14-28-30(25)23(21)15-10-12-16(26)13-11-15/h2-14,23-24H,1H3,(H,27,28,29)/t23-,24-/m0/s1. The molecule has 4 aromatic rings. The van der Waals surface area contributed by atoms with Gasteiger partial charge in [-0.2, -0.15) is 10.1 Å². The highest BCUT2D eigenvalue weighted by Gasteiger charge is 2.41. The average molecular weight is 487 g/mol. The van der Waals surface area contributed by atoms with Crippen molar-refractivity contribution in [2.24, 2.45) is 0 Å². The summed E-state index contributed by atoms with van der Waals surface area (Å²) in [7, 11) is 1.69. The molecule has 1 N–H and O–H groups in total. The van der Waals surface area contributed by atoms with Gasteiger partial charge in [-0.3, -0.25) is 0 Å². The molecule has 2 aliphatic rings. The maximum atomic E-state index is 6.65. The zero-order valence-corrected chi connectivity index (χ0v) is 18.8. The van der Waals surface area contributed by atoms with Crippen LogP contribution in [0.25, 0.3) is 5.70 Å². The van der Waals surface area contributed by atoms with E-state index in [1.165, 1.54) is 0 Å². The molecule has 2 atom stereocenters. The fourth-order valence-electron chi connectivity index (χ4n) is 4.52. The number of anilines is 1. The van der Waals surface area contributed by atoms with Crippen molar-refractivity contribution in [3.63, 3.8) is 0 Å². The van der Waals surface area contributed by atoms with Crippen LogP contribution in [0.2, 0.25) is 0 Å². The van der Waals surface area contributed by atoms with Gasteiger partial charge in [0.25, 0.3) is 0 Å². The number of hydrogen-bond donors (Lipinski definition) is 1. The molecule has 0 amide bonds. The van der Waals surface area contributed by atoms with Gasteiger partial charge in [0, 0.05) is 21.2 Å². The fraction of sp³-hybridized carbons (Fsp3) is 0.120. The Morgan fingerprint density at radius 1 is 1.00 bits per heavy atom. The van der Waals surface area contributed by atoms with E-state index in [4.69, 9.17) is 9.47 Å². The van der Waals surface area contributed by atoms with E-state index in [1.807, 2.05) is 53.2 Å². The molecule has 6 nitrogen and oxygen atoms in total. The molecule has 0 spiro atoms. The molecule has 0 saturated heterocycles. The van der Waals surface area contributed by atoms with E-state index in [0.29, 0.717) is 5.95 Å². The second kappa shape index (κ2) is 7.53. The van der Waals surface area contributed by atoms with Gasteiger partial charge in [0.05, 0.1) is 12.8 Å². The van der Waals surface area contributed by atoms with Crippen LogP contribution in [-0.2, 0) is 0 Å². The summed E-state index contributed by atoms with van der Waals surface area (Å²) in [6.07, 6.45) is 1.21. The molecule has 3 heterocycles. The minimum Gasteiger partial charge on any atom is -0.496 e. The topological polar surface area (TPSA) is 61.2 Å². The molecule has 0 fully saturated rings. The molecule has 2 aliphatic heterocycles. The van der Waals surface area contributed by atoms with E-state index in [1.54, 1.807) is 13.4 Å². The van der Waals surface area contributed by atoms with Crippen LogP contribution in [0, 0.1) is 0 Å². The number of nitrogens with one attached hydrogen (secondary N) is 1. The van der Waals surface area contributed by atoms with Crippen molar-refractivity contribution >= 4 is 27.6 Å². The van der Waals surface area contributed by atoms with Crippen LogP contribution < -0.4 is 14.8 Å². The number of nitrogens with zero attached hydrogens (tertiary/aromatic N) is 3. The van der Waals surface area contributed by atoms with E-state index in [-0.39, 0.29) is 12.1 Å². The third kappa shape index (κ3) is 2.92. The predicted molar refractivity (Wildman–Crippen MR) is 126 cm³/mol. The quantitative estimate of drug-likeness (QED) is 0.407. The Labute approximate surface area is 193 Å². The second-order valence-corrected chi connectivity index (χ2v) is 8.59. The first kappa shape index (κ1) is 19.1. The number of halogens is 1. The third-order valence-electron chi connectivity index (χ3n) is 5.93. The van der Waals surface area contributed by atoms with Crippen LogP contribution in [0.3, 0.4) is 0 Å². The zero-order chi connectivity index (χ0) is 21.7. The van der Waals surface area contributed by atoms with Crippen LogP contribution in [0.5, 0.6) is 11.5 Å². The Bertz CT molecular complexity index is 1350. The average Bonchev–Trinajstić information content (AvgIpc) is 3.31. The van der Waals surface area contributed by atoms with Gasteiger partial charge in [0.1, 0.15) is 23.9 Å². The molecule has 1 aromatic heterocycles. The van der Waals surface area contributed by atoms with Gasteiger partial charge < -0.3 is 14.8 Å². The second-order valence-electron chi connectivity index (χ2n) is 7.67. The monoisotopic (exact) mass is 486 g/mol. The Kier molecular flexibility index (Phi) is 4.50. The first-order chi connectivity index (χ1) is 15.7. The van der Waals surface area contributed by atoms with Crippen molar-refractivity contribution in [2.45, 2.75) is 12.1 Å². The van der Waals surface area contributed by atoms with E-state index < -0.39 is 0 Å². The molecule has 7 heteroatoms. The maximum Gasteiger partial charge on any atom is 0.226 e. The van der Waals surface area contributed by atoms with Crippen molar-refractivity contribution < 1.29 is 9.47 Å². The highest BCUT2D eigenvalue weighted by molar-refractivity contribution is 9.10. The van der Waals surface area contributed by atoms with Gasteiger partial charge in [-0.25, -0.2) is 4.68 Å². The smallest absolute Gasteiger partial charge is 0.226 e. The summed E-state index contributed by atoms with van der Waals surface area (Å²) in [6, 6.07) is 24.2. The van der Waals surface area contributed by atoms with Crippen LogP contribution >= 0.6 is 15.9 Å². The summed E-state index contributed by atoms with van der Waals surface area (Å²) in [5.74, 6) is 2.30. The van der Waals surface area contributed by atoms with Crippen molar-refractivity contribution in [3.05, 3.63) is 106 Å². The summed E-state index contributed by atoms with van der Waals surface area (Å²) in [5, 5.41) is 8.09. The molecule has 3 aromatic carbocycles. The summed E-state index contributed by atoms with van der Waals surface area (Å²) < 4.78 is 15.3. The molecular weight excluding hydrogens is 468 g/mol. The Balaban J connectivity index is 1.64. The molecule has 158 valence electrons. The van der Waals surface area contributed by atoms with Gasteiger partial charge in [0.15, 0.2) is 6.10 Å². The number of aromatic nitrogens is 3. The minimum atomic E-state index is -0.366. The van der Waals surface area contributed by atoms with Gasteiger partial charge in [0.2, 0.25) is 5.95 Å². The molecule has 6 rings (SSSR count). The summed E-state index contributed by atoms with van der Waals surface area (Å²) >= 11 is 3.55. The highest BCUT2D eigenvalue weighted by atomic mass is 79.9. The fourth-order valence-corrected chi connectivity index (χ4v) is 4.79. The zero-order valence-electron chi connectivity index (χ0n) is 17.2. The Hall–Kier alpha value is -3.58. The van der Waals surface area contributed by atoms with Crippen LogP contribution in [0.4, 0.5) is 5.95 Å². The summed E-state index contributed by atoms with van der Waals surface area (Å²) in [4.78, 5) is 4.48. The van der Waals surface area contributed by atoms with Crippen LogP contribution in [0.1, 0.15) is 28.8 Å². The van der Waals surface area contributed by atoms with Gasteiger partial charge in [-0.1, -0.05) is 58.4 Å². The van der Waals surface area contributed by atoms with Crippen molar-refractivity contribution in [1.29, 1.82) is 0 Å². The van der Waals surface area contributed by atoms with E-state index >= 15 is 0 Å².